The fourth-order valence-corrected chi connectivity index (χ4v) is 3.34. The number of amides is 2. The van der Waals surface area contributed by atoms with Crippen molar-refractivity contribution in [3.8, 4) is 5.75 Å². The summed E-state index contributed by atoms with van der Waals surface area (Å²) < 4.78 is 18.3. The molecular formula is C20H18FNO3S. The summed E-state index contributed by atoms with van der Waals surface area (Å²) in [5.74, 6) is -0.174. The van der Waals surface area contributed by atoms with Crippen molar-refractivity contribution in [3.63, 3.8) is 0 Å². The van der Waals surface area contributed by atoms with Crippen LogP contribution in [0.4, 0.5) is 9.18 Å². The number of nitrogens with zero attached hydrogens (tertiary/aromatic N) is 1. The van der Waals surface area contributed by atoms with Gasteiger partial charge in [0.15, 0.2) is 0 Å². The van der Waals surface area contributed by atoms with Gasteiger partial charge in [-0.3, -0.25) is 14.5 Å². The maximum absolute atomic E-state index is 12.9. The predicted octanol–water partition coefficient (Wildman–Crippen LogP) is 4.50. The molecule has 1 saturated heterocycles. The first-order valence-electron chi connectivity index (χ1n) is 8.29. The molecule has 134 valence electrons. The third-order valence-electron chi connectivity index (χ3n) is 3.96. The molecule has 1 aliphatic heterocycles. The second-order valence-electron chi connectivity index (χ2n) is 5.73. The highest BCUT2D eigenvalue weighted by Gasteiger charge is 2.34. The lowest BCUT2D eigenvalue weighted by Crippen LogP contribution is -2.32. The maximum atomic E-state index is 12.9. The highest BCUT2D eigenvalue weighted by atomic mass is 32.2. The minimum atomic E-state index is -0.347. The van der Waals surface area contributed by atoms with E-state index in [0.29, 0.717) is 10.7 Å². The Morgan fingerprint density at radius 2 is 1.77 bits per heavy atom. The van der Waals surface area contributed by atoms with Crippen LogP contribution in [0.2, 0.25) is 0 Å². The minimum Gasteiger partial charge on any atom is -0.492 e. The van der Waals surface area contributed by atoms with Gasteiger partial charge in [0.25, 0.3) is 11.1 Å². The Bertz CT molecular complexity index is 831. The zero-order chi connectivity index (χ0) is 18.5. The second kappa shape index (κ2) is 8.19. The van der Waals surface area contributed by atoms with Crippen LogP contribution in [-0.4, -0.2) is 29.2 Å². The van der Waals surface area contributed by atoms with E-state index in [1.54, 1.807) is 6.08 Å². The van der Waals surface area contributed by atoms with Gasteiger partial charge in [-0.1, -0.05) is 31.2 Å². The zero-order valence-electron chi connectivity index (χ0n) is 14.3. The third kappa shape index (κ3) is 4.32. The molecule has 2 amide bonds. The van der Waals surface area contributed by atoms with Crippen molar-refractivity contribution in [1.82, 2.24) is 4.90 Å². The Kier molecular flexibility index (Phi) is 5.73. The Hall–Kier alpha value is -2.60. The first kappa shape index (κ1) is 18.2. The monoisotopic (exact) mass is 371 g/mol. The van der Waals surface area contributed by atoms with Crippen LogP contribution < -0.4 is 4.74 Å². The summed E-state index contributed by atoms with van der Waals surface area (Å²) in [7, 11) is 0. The highest BCUT2D eigenvalue weighted by molar-refractivity contribution is 8.18. The summed E-state index contributed by atoms with van der Waals surface area (Å²) >= 11 is 0.928. The van der Waals surface area contributed by atoms with Crippen LogP contribution >= 0.6 is 11.8 Å². The zero-order valence-corrected chi connectivity index (χ0v) is 15.1. The average molecular weight is 371 g/mol. The summed E-state index contributed by atoms with van der Waals surface area (Å²) in [4.78, 5) is 26.1. The lowest BCUT2D eigenvalue weighted by atomic mass is 10.1. The summed E-state index contributed by atoms with van der Waals surface area (Å²) in [6, 6.07) is 13.5. The first-order valence-corrected chi connectivity index (χ1v) is 9.11. The van der Waals surface area contributed by atoms with Gasteiger partial charge in [0.1, 0.15) is 18.2 Å². The maximum Gasteiger partial charge on any atom is 0.293 e. The summed E-state index contributed by atoms with van der Waals surface area (Å²) in [5, 5.41) is -0.311. The van der Waals surface area contributed by atoms with E-state index in [1.807, 2.05) is 24.3 Å². The molecule has 0 aromatic heterocycles. The molecule has 0 radical (unpaired) electrons. The van der Waals surface area contributed by atoms with Gasteiger partial charge in [0, 0.05) is 0 Å². The van der Waals surface area contributed by atoms with Crippen molar-refractivity contribution >= 4 is 29.0 Å². The molecule has 6 heteroatoms. The van der Waals surface area contributed by atoms with E-state index in [1.165, 1.54) is 34.7 Å². The number of carbonyl (C=O) groups excluding carboxylic acids is 2. The van der Waals surface area contributed by atoms with Gasteiger partial charge in [0.2, 0.25) is 0 Å². The molecule has 1 heterocycles. The lowest BCUT2D eigenvalue weighted by Gasteiger charge is -2.13. The summed E-state index contributed by atoms with van der Waals surface area (Å²) in [6.45, 7) is 2.38. The standard InChI is InChI=1S/C20H18FNO3S/c1-2-14-3-5-15(6-4-14)13-18-19(23)22(20(24)26-18)11-12-25-17-9-7-16(21)8-10-17/h3-10,13H,2,11-12H2,1H3/b18-13-. The second-order valence-corrected chi connectivity index (χ2v) is 6.72. The smallest absolute Gasteiger partial charge is 0.293 e. The number of carbonyl (C=O) groups is 2. The number of imide groups is 1. The minimum absolute atomic E-state index is 0.147. The highest BCUT2D eigenvalue weighted by Crippen LogP contribution is 2.32. The van der Waals surface area contributed by atoms with E-state index in [2.05, 4.69) is 6.92 Å². The van der Waals surface area contributed by atoms with Crippen LogP contribution in [0, 0.1) is 5.82 Å². The van der Waals surface area contributed by atoms with Gasteiger partial charge in [-0.05, 0) is 59.7 Å². The van der Waals surface area contributed by atoms with Crippen LogP contribution in [0.1, 0.15) is 18.1 Å². The van der Waals surface area contributed by atoms with Crippen LogP contribution in [0.25, 0.3) is 6.08 Å². The molecule has 3 rings (SSSR count). The average Bonchev–Trinajstić information content (AvgIpc) is 2.91. The van der Waals surface area contributed by atoms with Crippen molar-refractivity contribution in [2.75, 3.05) is 13.2 Å². The Morgan fingerprint density at radius 1 is 1.08 bits per heavy atom. The SMILES string of the molecule is CCc1ccc(/C=C2\SC(=O)N(CCOc3ccc(F)cc3)C2=O)cc1. The molecule has 0 unspecified atom stereocenters. The Labute approximate surface area is 155 Å². The van der Waals surface area contributed by atoms with Gasteiger partial charge < -0.3 is 4.74 Å². The van der Waals surface area contributed by atoms with Gasteiger partial charge >= 0.3 is 0 Å². The quantitative estimate of drug-likeness (QED) is 0.701. The molecule has 0 saturated carbocycles. The van der Waals surface area contributed by atoms with Crippen molar-refractivity contribution in [1.29, 1.82) is 0 Å². The Balaban J connectivity index is 1.60. The molecule has 2 aromatic carbocycles. The lowest BCUT2D eigenvalue weighted by molar-refractivity contribution is -0.123. The fourth-order valence-electron chi connectivity index (χ4n) is 2.48. The first-order chi connectivity index (χ1) is 12.6. The predicted molar refractivity (Wildman–Crippen MR) is 100 cm³/mol. The molecule has 0 spiro atoms. The largest absolute Gasteiger partial charge is 0.492 e. The topological polar surface area (TPSA) is 46.6 Å². The molecule has 1 aliphatic rings. The van der Waals surface area contributed by atoms with E-state index in [0.717, 1.165) is 23.7 Å². The molecule has 0 aliphatic carbocycles. The number of rotatable bonds is 6. The molecular weight excluding hydrogens is 353 g/mol. The van der Waals surface area contributed by atoms with E-state index in [-0.39, 0.29) is 30.1 Å². The van der Waals surface area contributed by atoms with Gasteiger partial charge in [0.05, 0.1) is 11.4 Å². The summed E-state index contributed by atoms with van der Waals surface area (Å²) in [5.41, 5.74) is 2.10. The van der Waals surface area contributed by atoms with Crippen molar-refractivity contribution < 1.29 is 18.7 Å². The molecule has 4 nitrogen and oxygen atoms in total. The van der Waals surface area contributed by atoms with Crippen molar-refractivity contribution in [3.05, 3.63) is 70.4 Å². The van der Waals surface area contributed by atoms with E-state index in [9.17, 15) is 14.0 Å². The van der Waals surface area contributed by atoms with Crippen LogP contribution in [0.3, 0.4) is 0 Å². The third-order valence-corrected chi connectivity index (χ3v) is 4.86. The van der Waals surface area contributed by atoms with E-state index < -0.39 is 0 Å². The van der Waals surface area contributed by atoms with Gasteiger partial charge in [-0.25, -0.2) is 4.39 Å². The number of halogens is 1. The van der Waals surface area contributed by atoms with E-state index >= 15 is 0 Å². The molecule has 26 heavy (non-hydrogen) atoms. The fraction of sp³-hybridized carbons (Fsp3) is 0.200. The molecule has 0 N–H and O–H groups in total. The number of aryl methyl sites for hydroxylation is 1. The molecule has 2 aromatic rings. The molecule has 1 fully saturated rings. The number of hydrogen-bond acceptors (Lipinski definition) is 4. The summed E-state index contributed by atoms with van der Waals surface area (Å²) in [6.07, 6.45) is 2.68. The number of ether oxygens (including phenoxy) is 1. The van der Waals surface area contributed by atoms with Crippen LogP contribution in [-0.2, 0) is 11.2 Å². The van der Waals surface area contributed by atoms with Crippen LogP contribution in [0.5, 0.6) is 5.75 Å². The van der Waals surface area contributed by atoms with Gasteiger partial charge in [-0.15, -0.1) is 0 Å². The van der Waals surface area contributed by atoms with Crippen molar-refractivity contribution in [2.45, 2.75) is 13.3 Å². The van der Waals surface area contributed by atoms with Crippen molar-refractivity contribution in [2.24, 2.45) is 0 Å². The van der Waals surface area contributed by atoms with E-state index in [4.69, 9.17) is 4.74 Å². The number of thioether (sulfide) groups is 1. The molecule has 0 bridgehead atoms. The number of hydrogen-bond donors (Lipinski definition) is 0. The number of benzene rings is 2. The van der Waals surface area contributed by atoms with Gasteiger partial charge in [-0.2, -0.15) is 0 Å². The Morgan fingerprint density at radius 3 is 2.42 bits per heavy atom. The normalized spacial score (nSPS) is 15.8. The molecule has 0 atom stereocenters. The van der Waals surface area contributed by atoms with Crippen LogP contribution in [0.15, 0.2) is 53.4 Å².